The van der Waals surface area contributed by atoms with Crippen molar-refractivity contribution in [2.75, 3.05) is 53.5 Å². The van der Waals surface area contributed by atoms with Crippen molar-refractivity contribution in [3.63, 3.8) is 0 Å². The van der Waals surface area contributed by atoms with Gasteiger partial charge in [0.05, 0.1) is 0 Å². The van der Waals surface area contributed by atoms with E-state index >= 15 is 0 Å². The maximum absolute atomic E-state index is 5.07. The molecule has 0 aliphatic heterocycles. The summed E-state index contributed by atoms with van der Waals surface area (Å²) in [6.45, 7) is 14.4. The largest absolute Gasteiger partial charge is 0.385 e. The van der Waals surface area contributed by atoms with Gasteiger partial charge in [0, 0.05) is 46.4 Å². The first-order valence-corrected chi connectivity index (χ1v) is 8.08. The summed E-state index contributed by atoms with van der Waals surface area (Å²) in [6.07, 6.45) is 2.17. The zero-order valence-electron chi connectivity index (χ0n) is 15.0. The van der Waals surface area contributed by atoms with Crippen molar-refractivity contribution < 1.29 is 4.74 Å². The Labute approximate surface area is 131 Å². The Morgan fingerprint density at radius 2 is 1.90 bits per heavy atom. The normalized spacial score (nSPS) is 12.8. The number of ether oxygens (including phenoxy) is 1. The van der Waals surface area contributed by atoms with Crippen LogP contribution in [0.1, 0.15) is 40.5 Å². The predicted octanol–water partition coefficient (Wildman–Crippen LogP) is 1.95. The molecular formula is C16H36N4O. The topological polar surface area (TPSA) is 48.9 Å². The van der Waals surface area contributed by atoms with E-state index in [0.717, 1.165) is 58.1 Å². The van der Waals surface area contributed by atoms with Crippen LogP contribution in [0.4, 0.5) is 0 Å². The molecule has 0 saturated heterocycles. The van der Waals surface area contributed by atoms with Crippen LogP contribution in [0.5, 0.6) is 0 Å². The van der Waals surface area contributed by atoms with E-state index in [9.17, 15) is 0 Å². The molecule has 0 aromatic carbocycles. The first-order valence-electron chi connectivity index (χ1n) is 8.08. The summed E-state index contributed by atoms with van der Waals surface area (Å²) >= 11 is 0. The highest BCUT2D eigenvalue weighted by Crippen LogP contribution is 2.17. The molecular weight excluding hydrogens is 264 g/mol. The Bertz CT molecular complexity index is 274. The van der Waals surface area contributed by atoms with Crippen molar-refractivity contribution in [2.24, 2.45) is 10.4 Å². The number of hydrogen-bond acceptors (Lipinski definition) is 3. The SMILES string of the molecule is CCNC(=NCCC(C)(C)C)NCCN(C)CCCOC. The molecule has 0 radical (unpaired) electrons. The summed E-state index contributed by atoms with van der Waals surface area (Å²) in [5.41, 5.74) is 0.336. The number of aliphatic imine (C=N–C) groups is 1. The monoisotopic (exact) mass is 300 g/mol. The van der Waals surface area contributed by atoms with Crippen LogP contribution in [0, 0.1) is 5.41 Å². The zero-order valence-corrected chi connectivity index (χ0v) is 15.0. The average Bonchev–Trinajstić information content (AvgIpc) is 2.37. The lowest BCUT2D eigenvalue weighted by atomic mass is 9.93. The van der Waals surface area contributed by atoms with E-state index in [4.69, 9.17) is 4.74 Å². The minimum Gasteiger partial charge on any atom is -0.385 e. The molecule has 0 rings (SSSR count). The Kier molecular flexibility index (Phi) is 11.4. The minimum absolute atomic E-state index is 0.336. The van der Waals surface area contributed by atoms with Gasteiger partial charge < -0.3 is 20.3 Å². The van der Waals surface area contributed by atoms with E-state index in [-0.39, 0.29) is 0 Å². The Hall–Kier alpha value is -0.810. The van der Waals surface area contributed by atoms with Gasteiger partial charge in [-0.3, -0.25) is 4.99 Å². The molecule has 126 valence electrons. The second-order valence-electron chi connectivity index (χ2n) is 6.65. The van der Waals surface area contributed by atoms with Crippen LogP contribution in [-0.4, -0.2) is 64.3 Å². The van der Waals surface area contributed by atoms with Gasteiger partial charge in [0.1, 0.15) is 0 Å². The van der Waals surface area contributed by atoms with E-state index in [1.807, 2.05) is 0 Å². The van der Waals surface area contributed by atoms with Gasteiger partial charge >= 0.3 is 0 Å². The Morgan fingerprint density at radius 1 is 1.19 bits per heavy atom. The number of hydrogen-bond donors (Lipinski definition) is 2. The Balaban J connectivity index is 3.95. The van der Waals surface area contributed by atoms with Crippen molar-refractivity contribution in [3.05, 3.63) is 0 Å². The number of nitrogens with one attached hydrogen (secondary N) is 2. The molecule has 0 aliphatic rings. The van der Waals surface area contributed by atoms with Crippen molar-refractivity contribution in [3.8, 4) is 0 Å². The van der Waals surface area contributed by atoms with Crippen molar-refractivity contribution >= 4 is 5.96 Å². The summed E-state index contributed by atoms with van der Waals surface area (Å²) in [6, 6.07) is 0. The van der Waals surface area contributed by atoms with Crippen LogP contribution in [0.25, 0.3) is 0 Å². The van der Waals surface area contributed by atoms with Crippen LogP contribution in [0.2, 0.25) is 0 Å². The van der Waals surface area contributed by atoms with Gasteiger partial charge in [-0.2, -0.15) is 0 Å². The number of methoxy groups -OCH3 is 1. The van der Waals surface area contributed by atoms with Gasteiger partial charge in [0.15, 0.2) is 5.96 Å². The third kappa shape index (κ3) is 13.9. The molecule has 21 heavy (non-hydrogen) atoms. The molecule has 0 aromatic rings. The van der Waals surface area contributed by atoms with Crippen molar-refractivity contribution in [1.82, 2.24) is 15.5 Å². The fourth-order valence-corrected chi connectivity index (χ4v) is 1.80. The van der Waals surface area contributed by atoms with Gasteiger partial charge in [0.25, 0.3) is 0 Å². The van der Waals surface area contributed by atoms with Crippen LogP contribution >= 0.6 is 0 Å². The lowest BCUT2D eigenvalue weighted by Gasteiger charge is -2.19. The van der Waals surface area contributed by atoms with Gasteiger partial charge in [-0.05, 0) is 32.2 Å². The van der Waals surface area contributed by atoms with Gasteiger partial charge in [0.2, 0.25) is 0 Å². The van der Waals surface area contributed by atoms with Gasteiger partial charge in [-0.25, -0.2) is 0 Å². The molecule has 0 saturated carbocycles. The number of nitrogens with zero attached hydrogens (tertiary/aromatic N) is 2. The molecule has 0 fully saturated rings. The van der Waals surface area contributed by atoms with Crippen LogP contribution in [0.3, 0.4) is 0 Å². The highest BCUT2D eigenvalue weighted by molar-refractivity contribution is 5.79. The van der Waals surface area contributed by atoms with E-state index in [0.29, 0.717) is 5.41 Å². The lowest BCUT2D eigenvalue weighted by Crippen LogP contribution is -2.41. The molecule has 0 aliphatic carbocycles. The molecule has 0 spiro atoms. The number of likely N-dealkylation sites (N-methyl/N-ethyl adjacent to an activating group) is 1. The van der Waals surface area contributed by atoms with E-state index in [1.54, 1.807) is 7.11 Å². The predicted molar refractivity (Wildman–Crippen MR) is 92.0 cm³/mol. The van der Waals surface area contributed by atoms with Crippen LogP contribution in [0.15, 0.2) is 4.99 Å². The van der Waals surface area contributed by atoms with Crippen molar-refractivity contribution in [2.45, 2.75) is 40.5 Å². The molecule has 0 bridgehead atoms. The third-order valence-electron chi connectivity index (χ3n) is 3.15. The van der Waals surface area contributed by atoms with Gasteiger partial charge in [-0.15, -0.1) is 0 Å². The first-order chi connectivity index (χ1) is 9.89. The number of rotatable bonds is 10. The molecule has 5 heteroatoms. The van der Waals surface area contributed by atoms with Crippen LogP contribution in [-0.2, 0) is 4.74 Å². The standard InChI is InChI=1S/C16H36N4O/c1-7-17-15(18-10-9-16(2,3)4)19-11-13-20(5)12-8-14-21-6/h7-14H2,1-6H3,(H2,17,18,19). The zero-order chi connectivity index (χ0) is 16.1. The third-order valence-corrected chi connectivity index (χ3v) is 3.15. The molecule has 2 N–H and O–H groups in total. The smallest absolute Gasteiger partial charge is 0.191 e. The molecule has 0 unspecified atom stereocenters. The molecule has 0 aromatic heterocycles. The lowest BCUT2D eigenvalue weighted by molar-refractivity contribution is 0.180. The molecule has 0 heterocycles. The summed E-state index contributed by atoms with van der Waals surface area (Å²) < 4.78 is 5.07. The maximum atomic E-state index is 5.07. The fraction of sp³-hybridized carbons (Fsp3) is 0.938. The van der Waals surface area contributed by atoms with E-state index in [2.05, 4.69) is 55.3 Å². The minimum atomic E-state index is 0.336. The molecule has 0 atom stereocenters. The second-order valence-corrected chi connectivity index (χ2v) is 6.65. The van der Waals surface area contributed by atoms with E-state index < -0.39 is 0 Å². The summed E-state index contributed by atoms with van der Waals surface area (Å²) in [5, 5.41) is 6.69. The van der Waals surface area contributed by atoms with Gasteiger partial charge in [-0.1, -0.05) is 20.8 Å². The summed E-state index contributed by atoms with van der Waals surface area (Å²) in [7, 11) is 3.89. The summed E-state index contributed by atoms with van der Waals surface area (Å²) in [5.74, 6) is 0.923. The Morgan fingerprint density at radius 3 is 2.48 bits per heavy atom. The van der Waals surface area contributed by atoms with Crippen molar-refractivity contribution in [1.29, 1.82) is 0 Å². The maximum Gasteiger partial charge on any atom is 0.191 e. The first kappa shape index (κ1) is 20.2. The number of guanidine groups is 1. The summed E-state index contributed by atoms with van der Waals surface area (Å²) in [4.78, 5) is 6.94. The quantitative estimate of drug-likeness (QED) is 0.368. The van der Waals surface area contributed by atoms with E-state index in [1.165, 1.54) is 0 Å². The highest BCUT2D eigenvalue weighted by atomic mass is 16.5. The van der Waals surface area contributed by atoms with Crippen LogP contribution < -0.4 is 10.6 Å². The molecule has 0 amide bonds. The average molecular weight is 300 g/mol. The second kappa shape index (κ2) is 11.8. The fourth-order valence-electron chi connectivity index (χ4n) is 1.80. The highest BCUT2D eigenvalue weighted by Gasteiger charge is 2.09. The molecule has 5 nitrogen and oxygen atoms in total.